The molecule has 114 valence electrons. The Bertz CT molecular complexity index is 892. The first-order valence-corrected chi connectivity index (χ1v) is 7.12. The molecule has 2 aromatic heterocycles. The zero-order chi connectivity index (χ0) is 15.7. The van der Waals surface area contributed by atoms with Crippen LogP contribution in [-0.2, 0) is 0 Å². The molecule has 22 heavy (non-hydrogen) atoms. The monoisotopic (exact) mass is 298 g/mol. The SMILES string of the molecule is CN(C)CCNC(=O)c1cc2[nH]c(=O)c3ccccc3n2c1. The predicted molar refractivity (Wildman–Crippen MR) is 86.4 cm³/mol. The minimum atomic E-state index is -0.152. The van der Waals surface area contributed by atoms with Crippen LogP contribution < -0.4 is 10.9 Å². The maximum atomic E-state index is 12.2. The van der Waals surface area contributed by atoms with Gasteiger partial charge in [0.2, 0.25) is 0 Å². The van der Waals surface area contributed by atoms with Crippen molar-refractivity contribution < 1.29 is 4.79 Å². The summed E-state index contributed by atoms with van der Waals surface area (Å²) in [6.45, 7) is 1.36. The lowest BCUT2D eigenvalue weighted by atomic mass is 10.2. The van der Waals surface area contributed by atoms with Crippen LogP contribution >= 0.6 is 0 Å². The number of amides is 1. The third-order valence-electron chi connectivity index (χ3n) is 3.58. The Morgan fingerprint density at radius 1 is 1.32 bits per heavy atom. The average Bonchev–Trinajstić information content (AvgIpc) is 2.91. The number of hydrogen-bond donors (Lipinski definition) is 2. The van der Waals surface area contributed by atoms with Crippen molar-refractivity contribution in [2.24, 2.45) is 0 Å². The van der Waals surface area contributed by atoms with Gasteiger partial charge in [0.25, 0.3) is 11.5 Å². The van der Waals surface area contributed by atoms with E-state index < -0.39 is 0 Å². The van der Waals surface area contributed by atoms with Crippen LogP contribution in [0.4, 0.5) is 0 Å². The number of benzene rings is 1. The van der Waals surface area contributed by atoms with Gasteiger partial charge in [-0.05, 0) is 32.3 Å². The Hall–Kier alpha value is -2.60. The number of fused-ring (bicyclic) bond motifs is 3. The molecule has 0 aliphatic rings. The number of para-hydroxylation sites is 1. The third-order valence-corrected chi connectivity index (χ3v) is 3.58. The van der Waals surface area contributed by atoms with Crippen LogP contribution in [0.25, 0.3) is 16.6 Å². The maximum absolute atomic E-state index is 12.2. The fourth-order valence-corrected chi connectivity index (χ4v) is 2.44. The van der Waals surface area contributed by atoms with E-state index in [-0.39, 0.29) is 11.5 Å². The van der Waals surface area contributed by atoms with Crippen molar-refractivity contribution in [1.82, 2.24) is 19.6 Å². The number of aromatic amines is 1. The first kappa shape index (κ1) is 14.3. The zero-order valence-electron chi connectivity index (χ0n) is 12.6. The van der Waals surface area contributed by atoms with Gasteiger partial charge >= 0.3 is 0 Å². The number of nitrogens with one attached hydrogen (secondary N) is 2. The quantitative estimate of drug-likeness (QED) is 0.757. The van der Waals surface area contributed by atoms with Gasteiger partial charge in [-0.3, -0.25) is 9.59 Å². The maximum Gasteiger partial charge on any atom is 0.258 e. The summed E-state index contributed by atoms with van der Waals surface area (Å²) in [5.41, 5.74) is 1.78. The van der Waals surface area contributed by atoms with Gasteiger partial charge < -0.3 is 19.6 Å². The van der Waals surface area contributed by atoms with Gasteiger partial charge in [0.1, 0.15) is 5.65 Å². The molecule has 0 saturated heterocycles. The molecule has 0 unspecified atom stereocenters. The van der Waals surface area contributed by atoms with Crippen molar-refractivity contribution in [1.29, 1.82) is 0 Å². The molecule has 0 bridgehead atoms. The molecule has 0 saturated carbocycles. The van der Waals surface area contributed by atoms with Crippen LogP contribution in [0.2, 0.25) is 0 Å². The molecular weight excluding hydrogens is 280 g/mol. The number of hydrogen-bond acceptors (Lipinski definition) is 3. The Morgan fingerprint density at radius 2 is 2.09 bits per heavy atom. The van der Waals surface area contributed by atoms with Crippen LogP contribution in [-0.4, -0.2) is 47.4 Å². The van der Waals surface area contributed by atoms with E-state index in [1.54, 1.807) is 18.3 Å². The van der Waals surface area contributed by atoms with E-state index in [2.05, 4.69) is 10.3 Å². The number of nitrogens with zero attached hydrogens (tertiary/aromatic N) is 2. The number of carbonyl (C=O) groups excluding carboxylic acids is 1. The summed E-state index contributed by atoms with van der Waals surface area (Å²) in [6, 6.07) is 9.02. The van der Waals surface area contributed by atoms with Crippen LogP contribution in [0.1, 0.15) is 10.4 Å². The second kappa shape index (κ2) is 5.65. The van der Waals surface area contributed by atoms with E-state index in [4.69, 9.17) is 0 Å². The molecule has 0 spiro atoms. The summed E-state index contributed by atoms with van der Waals surface area (Å²) in [4.78, 5) is 29.0. The van der Waals surface area contributed by atoms with Crippen LogP contribution in [0.15, 0.2) is 41.3 Å². The summed E-state index contributed by atoms with van der Waals surface area (Å²) >= 11 is 0. The smallest absolute Gasteiger partial charge is 0.258 e. The summed E-state index contributed by atoms with van der Waals surface area (Å²) in [5, 5.41) is 3.47. The fraction of sp³-hybridized carbons (Fsp3) is 0.250. The first-order valence-electron chi connectivity index (χ1n) is 7.12. The first-order chi connectivity index (χ1) is 10.6. The molecule has 3 aromatic rings. The zero-order valence-corrected chi connectivity index (χ0v) is 12.6. The third kappa shape index (κ3) is 2.60. The van der Waals surface area contributed by atoms with Crippen LogP contribution in [0, 0.1) is 0 Å². The highest BCUT2D eigenvalue weighted by Crippen LogP contribution is 2.14. The highest BCUT2D eigenvalue weighted by molar-refractivity contribution is 5.96. The van der Waals surface area contributed by atoms with Gasteiger partial charge in [-0.25, -0.2) is 0 Å². The topological polar surface area (TPSA) is 69.6 Å². The molecule has 0 aliphatic heterocycles. The van der Waals surface area contributed by atoms with Gasteiger partial charge in [0.05, 0.1) is 16.5 Å². The lowest BCUT2D eigenvalue weighted by Crippen LogP contribution is -2.31. The molecule has 0 aliphatic carbocycles. The van der Waals surface area contributed by atoms with Gasteiger partial charge in [-0.15, -0.1) is 0 Å². The van der Waals surface area contributed by atoms with Gasteiger partial charge in [-0.2, -0.15) is 0 Å². The minimum Gasteiger partial charge on any atom is -0.351 e. The molecule has 6 nitrogen and oxygen atoms in total. The van der Waals surface area contributed by atoms with Crippen molar-refractivity contribution >= 4 is 22.5 Å². The van der Waals surface area contributed by atoms with Crippen molar-refractivity contribution in [3.8, 4) is 0 Å². The van der Waals surface area contributed by atoms with E-state index >= 15 is 0 Å². The number of carbonyl (C=O) groups is 1. The average molecular weight is 298 g/mol. The van der Waals surface area contributed by atoms with E-state index in [1.807, 2.05) is 41.6 Å². The van der Waals surface area contributed by atoms with Gasteiger partial charge in [0, 0.05) is 19.3 Å². The second-order valence-corrected chi connectivity index (χ2v) is 5.51. The van der Waals surface area contributed by atoms with Crippen molar-refractivity contribution in [2.45, 2.75) is 0 Å². The number of rotatable bonds is 4. The predicted octanol–water partition coefficient (Wildman–Crippen LogP) is 1.07. The summed E-state index contributed by atoms with van der Waals surface area (Å²) in [5.74, 6) is -0.143. The Balaban J connectivity index is 1.98. The van der Waals surface area contributed by atoms with Gasteiger partial charge in [-0.1, -0.05) is 12.1 Å². The molecule has 0 radical (unpaired) electrons. The molecule has 1 amide bonds. The standard InChI is InChI=1S/C16H18N4O2/c1-19(2)8-7-17-15(21)11-9-14-18-16(22)12-5-3-4-6-13(12)20(14)10-11/h3-6,9-10H,7-8H2,1-2H3,(H,17,21)(H,18,22). The minimum absolute atomic E-state index is 0.143. The number of H-pyrrole nitrogens is 1. The summed E-state index contributed by atoms with van der Waals surface area (Å²) < 4.78 is 1.83. The van der Waals surface area contributed by atoms with Crippen LogP contribution in [0.3, 0.4) is 0 Å². The van der Waals surface area contributed by atoms with E-state index in [0.29, 0.717) is 23.1 Å². The largest absolute Gasteiger partial charge is 0.351 e. The van der Waals surface area contributed by atoms with E-state index in [1.165, 1.54) is 0 Å². The molecule has 0 fully saturated rings. The number of likely N-dealkylation sites (N-methyl/N-ethyl adjacent to an activating group) is 1. The lowest BCUT2D eigenvalue weighted by Gasteiger charge is -2.09. The Morgan fingerprint density at radius 3 is 2.86 bits per heavy atom. The highest BCUT2D eigenvalue weighted by atomic mass is 16.1. The lowest BCUT2D eigenvalue weighted by molar-refractivity contribution is 0.0951. The Labute approximate surface area is 127 Å². The molecule has 6 heteroatoms. The van der Waals surface area contributed by atoms with E-state index in [0.717, 1.165) is 12.1 Å². The second-order valence-electron chi connectivity index (χ2n) is 5.51. The Kier molecular flexibility index (Phi) is 3.68. The van der Waals surface area contributed by atoms with Crippen molar-refractivity contribution in [2.75, 3.05) is 27.2 Å². The molecule has 3 rings (SSSR count). The van der Waals surface area contributed by atoms with Crippen molar-refractivity contribution in [3.05, 3.63) is 52.4 Å². The summed E-state index contributed by atoms with van der Waals surface area (Å²) in [7, 11) is 3.91. The fourth-order valence-electron chi connectivity index (χ4n) is 2.44. The highest BCUT2D eigenvalue weighted by Gasteiger charge is 2.11. The van der Waals surface area contributed by atoms with Crippen molar-refractivity contribution in [3.63, 3.8) is 0 Å². The van der Waals surface area contributed by atoms with Gasteiger partial charge in [0.15, 0.2) is 0 Å². The molecule has 2 heterocycles. The molecular formula is C16H18N4O2. The molecule has 0 atom stereocenters. The molecule has 1 aromatic carbocycles. The number of aromatic nitrogens is 2. The normalized spacial score (nSPS) is 11.4. The van der Waals surface area contributed by atoms with Crippen LogP contribution in [0.5, 0.6) is 0 Å². The van der Waals surface area contributed by atoms with E-state index in [9.17, 15) is 9.59 Å². The summed E-state index contributed by atoms with van der Waals surface area (Å²) in [6.07, 6.45) is 1.75. The molecule has 2 N–H and O–H groups in total.